The largest absolute Gasteiger partial charge is 0.378 e. The fraction of sp³-hybridized carbons (Fsp3) is 0.444. The van der Waals surface area contributed by atoms with Gasteiger partial charge in [0, 0.05) is 13.1 Å². The van der Waals surface area contributed by atoms with Crippen LogP contribution in [-0.2, 0) is 4.74 Å². The second kappa shape index (κ2) is 4.92. The summed E-state index contributed by atoms with van der Waals surface area (Å²) in [6, 6.07) is 0.928. The van der Waals surface area contributed by atoms with Crippen LogP contribution in [0, 0.1) is 20.2 Å². The van der Waals surface area contributed by atoms with Gasteiger partial charge in [-0.05, 0) is 0 Å². The number of pyridine rings is 1. The van der Waals surface area contributed by atoms with Crippen molar-refractivity contribution in [2.24, 2.45) is 0 Å². The third-order valence-corrected chi connectivity index (χ3v) is 2.55. The van der Waals surface area contributed by atoms with Crippen molar-refractivity contribution in [3.8, 4) is 0 Å². The first-order valence-electron chi connectivity index (χ1n) is 5.21. The van der Waals surface area contributed by atoms with E-state index in [-0.39, 0.29) is 11.5 Å². The Labute approximate surface area is 101 Å². The number of hydrogen-bond donors (Lipinski definition) is 0. The van der Waals surface area contributed by atoms with Crippen LogP contribution >= 0.6 is 0 Å². The summed E-state index contributed by atoms with van der Waals surface area (Å²) in [6.07, 6.45) is 1.03. The number of nitro groups is 2. The zero-order valence-electron chi connectivity index (χ0n) is 9.31. The van der Waals surface area contributed by atoms with E-state index in [1.807, 2.05) is 0 Å². The number of ether oxygens (including phenoxy) is 1. The van der Waals surface area contributed by atoms with Gasteiger partial charge in [-0.1, -0.05) is 0 Å². The molecule has 0 unspecified atom stereocenters. The first-order chi connectivity index (χ1) is 8.59. The third kappa shape index (κ3) is 2.35. The van der Waals surface area contributed by atoms with Crippen LogP contribution < -0.4 is 4.90 Å². The Kier molecular flexibility index (Phi) is 3.33. The Hall–Kier alpha value is -2.29. The van der Waals surface area contributed by atoms with E-state index >= 15 is 0 Å². The minimum atomic E-state index is -0.705. The second-order valence-electron chi connectivity index (χ2n) is 3.65. The first-order valence-corrected chi connectivity index (χ1v) is 5.21. The summed E-state index contributed by atoms with van der Waals surface area (Å²) in [6.45, 7) is 1.86. The lowest BCUT2D eigenvalue weighted by atomic mass is 10.3. The maximum absolute atomic E-state index is 10.9. The predicted molar refractivity (Wildman–Crippen MR) is 60.6 cm³/mol. The Morgan fingerprint density at radius 1 is 1.22 bits per heavy atom. The lowest BCUT2D eigenvalue weighted by Gasteiger charge is -2.27. The number of morpholine rings is 1. The maximum Gasteiger partial charge on any atom is 0.318 e. The van der Waals surface area contributed by atoms with Gasteiger partial charge in [-0.15, -0.1) is 0 Å². The molecular weight excluding hydrogens is 244 g/mol. The van der Waals surface area contributed by atoms with Gasteiger partial charge in [-0.2, -0.15) is 0 Å². The highest BCUT2D eigenvalue weighted by Gasteiger charge is 2.26. The molecule has 9 nitrogen and oxygen atoms in total. The average Bonchev–Trinajstić information content (AvgIpc) is 2.39. The third-order valence-electron chi connectivity index (χ3n) is 2.55. The average molecular weight is 254 g/mol. The molecule has 0 saturated carbocycles. The molecule has 18 heavy (non-hydrogen) atoms. The molecule has 1 aliphatic heterocycles. The lowest BCUT2D eigenvalue weighted by molar-refractivity contribution is -0.394. The molecule has 0 N–H and O–H groups in total. The van der Waals surface area contributed by atoms with Crippen molar-refractivity contribution in [2.75, 3.05) is 31.2 Å². The summed E-state index contributed by atoms with van der Waals surface area (Å²) in [5.74, 6) is 0.147. The summed E-state index contributed by atoms with van der Waals surface area (Å²) in [4.78, 5) is 25.6. The quantitative estimate of drug-likeness (QED) is 0.577. The van der Waals surface area contributed by atoms with Gasteiger partial charge in [-0.3, -0.25) is 20.2 Å². The van der Waals surface area contributed by atoms with Crippen LogP contribution in [0.2, 0.25) is 0 Å². The highest BCUT2D eigenvalue weighted by molar-refractivity contribution is 5.61. The van der Waals surface area contributed by atoms with Crippen LogP contribution in [-0.4, -0.2) is 41.1 Å². The summed E-state index contributed by atoms with van der Waals surface area (Å²) in [5, 5.41) is 21.5. The van der Waals surface area contributed by atoms with Crippen molar-refractivity contribution in [3.63, 3.8) is 0 Å². The van der Waals surface area contributed by atoms with Gasteiger partial charge in [0.1, 0.15) is 6.20 Å². The van der Waals surface area contributed by atoms with Gasteiger partial charge in [0.15, 0.2) is 0 Å². The van der Waals surface area contributed by atoms with E-state index in [2.05, 4.69) is 4.98 Å². The fourth-order valence-electron chi connectivity index (χ4n) is 1.69. The van der Waals surface area contributed by atoms with Gasteiger partial charge in [0.05, 0.1) is 29.1 Å². The predicted octanol–water partition coefficient (Wildman–Crippen LogP) is 0.735. The van der Waals surface area contributed by atoms with E-state index in [9.17, 15) is 20.2 Å². The number of nitrogens with zero attached hydrogens (tertiary/aromatic N) is 4. The smallest absolute Gasteiger partial charge is 0.318 e. The highest BCUT2D eigenvalue weighted by Crippen LogP contribution is 2.29. The number of hydrogen-bond acceptors (Lipinski definition) is 7. The summed E-state index contributed by atoms with van der Waals surface area (Å²) >= 11 is 0. The van der Waals surface area contributed by atoms with E-state index in [4.69, 9.17) is 4.74 Å². The van der Waals surface area contributed by atoms with Gasteiger partial charge in [0.25, 0.3) is 5.69 Å². The van der Waals surface area contributed by atoms with Gasteiger partial charge in [-0.25, -0.2) is 4.98 Å². The van der Waals surface area contributed by atoms with Crippen molar-refractivity contribution in [1.29, 1.82) is 0 Å². The Bertz CT molecular complexity index is 486. The lowest BCUT2D eigenvalue weighted by Crippen LogP contribution is -2.37. The molecule has 0 atom stereocenters. The van der Waals surface area contributed by atoms with Crippen LogP contribution in [0.5, 0.6) is 0 Å². The van der Waals surface area contributed by atoms with Crippen LogP contribution in [0.4, 0.5) is 17.2 Å². The van der Waals surface area contributed by atoms with Gasteiger partial charge >= 0.3 is 5.69 Å². The molecule has 0 amide bonds. The number of aromatic nitrogens is 1. The van der Waals surface area contributed by atoms with Crippen LogP contribution in [0.1, 0.15) is 0 Å². The van der Waals surface area contributed by atoms with E-state index in [0.717, 1.165) is 12.3 Å². The van der Waals surface area contributed by atoms with Crippen molar-refractivity contribution >= 4 is 17.2 Å². The van der Waals surface area contributed by atoms with E-state index in [1.165, 1.54) is 0 Å². The second-order valence-corrected chi connectivity index (χ2v) is 3.65. The molecule has 0 bridgehead atoms. The van der Waals surface area contributed by atoms with Gasteiger partial charge < -0.3 is 9.64 Å². The molecule has 9 heteroatoms. The molecule has 2 heterocycles. The molecule has 0 spiro atoms. The highest BCUT2D eigenvalue weighted by atomic mass is 16.6. The normalized spacial score (nSPS) is 15.4. The monoisotopic (exact) mass is 254 g/mol. The SMILES string of the molecule is O=[N+]([O-])c1cnc(N2CCOCC2)c([N+](=O)[O-])c1. The van der Waals surface area contributed by atoms with E-state index < -0.39 is 15.5 Å². The number of anilines is 1. The first kappa shape index (κ1) is 12.2. The summed E-state index contributed by atoms with van der Waals surface area (Å²) in [5.41, 5.74) is -0.746. The summed E-state index contributed by atoms with van der Waals surface area (Å²) in [7, 11) is 0. The zero-order chi connectivity index (χ0) is 13.1. The van der Waals surface area contributed by atoms with Crippen molar-refractivity contribution in [2.45, 2.75) is 0 Å². The minimum absolute atomic E-state index is 0.147. The molecule has 0 aliphatic carbocycles. The van der Waals surface area contributed by atoms with Crippen molar-refractivity contribution < 1.29 is 14.6 Å². The minimum Gasteiger partial charge on any atom is -0.378 e. The maximum atomic E-state index is 10.9. The Morgan fingerprint density at radius 2 is 1.89 bits per heavy atom. The van der Waals surface area contributed by atoms with Crippen LogP contribution in [0.15, 0.2) is 12.3 Å². The number of rotatable bonds is 3. The fourth-order valence-corrected chi connectivity index (χ4v) is 1.69. The van der Waals surface area contributed by atoms with E-state index in [0.29, 0.717) is 26.3 Å². The van der Waals surface area contributed by atoms with Gasteiger partial charge in [0.2, 0.25) is 5.82 Å². The van der Waals surface area contributed by atoms with E-state index in [1.54, 1.807) is 4.90 Å². The van der Waals surface area contributed by atoms with Crippen molar-refractivity contribution in [1.82, 2.24) is 4.98 Å². The van der Waals surface area contributed by atoms with Crippen LogP contribution in [0.3, 0.4) is 0 Å². The summed E-state index contributed by atoms with van der Waals surface area (Å²) < 4.78 is 5.14. The van der Waals surface area contributed by atoms with Crippen LogP contribution in [0.25, 0.3) is 0 Å². The molecule has 1 aliphatic rings. The molecule has 1 fully saturated rings. The Morgan fingerprint density at radius 3 is 2.44 bits per heavy atom. The molecule has 1 aromatic rings. The molecule has 1 aromatic heterocycles. The molecule has 2 rings (SSSR count). The topological polar surface area (TPSA) is 112 Å². The molecule has 96 valence electrons. The molecule has 0 aromatic carbocycles. The standard InChI is InChI=1S/C9H10N4O5/c14-12(15)7-5-8(13(16)17)9(10-6-7)11-1-3-18-4-2-11/h5-6H,1-4H2. The zero-order valence-corrected chi connectivity index (χ0v) is 9.31. The molecule has 0 radical (unpaired) electrons. The molecule has 1 saturated heterocycles. The Balaban J connectivity index is 2.39. The molecular formula is C9H10N4O5. The van der Waals surface area contributed by atoms with Crippen molar-refractivity contribution in [3.05, 3.63) is 32.5 Å².